The van der Waals surface area contributed by atoms with E-state index in [1.54, 1.807) is 24.3 Å². The zero-order chi connectivity index (χ0) is 19.8. The maximum Gasteiger partial charge on any atom is 0.268 e. The van der Waals surface area contributed by atoms with Crippen molar-refractivity contribution in [1.29, 1.82) is 0 Å². The smallest absolute Gasteiger partial charge is 0.268 e. The Morgan fingerprint density at radius 3 is 2.59 bits per heavy atom. The second-order valence-corrected chi connectivity index (χ2v) is 7.03. The van der Waals surface area contributed by atoms with Crippen molar-refractivity contribution in [1.82, 2.24) is 5.32 Å². The molecule has 0 aliphatic carbocycles. The van der Waals surface area contributed by atoms with Gasteiger partial charge >= 0.3 is 0 Å². The molecule has 8 heteroatoms. The second kappa shape index (κ2) is 7.48. The number of likely N-dealkylation sites (N-methyl/N-ethyl adjacent to an activating group) is 1. The number of aliphatic hydroxyl groups is 1. The Kier molecular flexibility index (Phi) is 5.44. The van der Waals surface area contributed by atoms with Gasteiger partial charge in [0.15, 0.2) is 5.60 Å². The minimum Gasteiger partial charge on any atom is -0.372 e. The van der Waals surface area contributed by atoms with Crippen molar-refractivity contribution in [3.05, 3.63) is 63.1 Å². The molecule has 0 bridgehead atoms. The first-order chi connectivity index (χ1) is 12.8. The van der Waals surface area contributed by atoms with Crippen LogP contribution in [0.1, 0.15) is 28.4 Å². The maximum atomic E-state index is 13.3. The van der Waals surface area contributed by atoms with Gasteiger partial charge in [-0.2, -0.15) is 0 Å². The zero-order valence-electron chi connectivity index (χ0n) is 14.6. The molecule has 0 fully saturated rings. The number of nitrogens with two attached hydrogens (primary N) is 1. The highest BCUT2D eigenvalue weighted by molar-refractivity contribution is 6.35. The lowest BCUT2D eigenvalue weighted by Gasteiger charge is -2.25. The molecule has 0 aromatic heterocycles. The Bertz CT molecular complexity index is 919. The van der Waals surface area contributed by atoms with Gasteiger partial charge in [-0.15, -0.1) is 0 Å². The quantitative estimate of drug-likeness (QED) is 0.640. The number of amides is 2. The van der Waals surface area contributed by atoms with E-state index in [0.717, 1.165) is 6.54 Å². The van der Waals surface area contributed by atoms with Crippen molar-refractivity contribution in [2.45, 2.75) is 12.5 Å². The van der Waals surface area contributed by atoms with E-state index in [0.29, 0.717) is 12.2 Å². The van der Waals surface area contributed by atoms with E-state index >= 15 is 0 Å². The number of hydrogen-bond acceptors (Lipinski definition) is 4. The fraction of sp³-hybridized carbons (Fsp3) is 0.263. The number of carbonyl (C=O) groups is 2. The molecule has 3 rings (SSSR count). The number of anilines is 1. The number of nitrogens with zero attached hydrogens (tertiary/aromatic N) is 1. The molecule has 6 nitrogen and oxygen atoms in total. The second-order valence-electron chi connectivity index (χ2n) is 6.22. The molecular weight excluding hydrogens is 389 g/mol. The van der Waals surface area contributed by atoms with Crippen LogP contribution in [0.4, 0.5) is 5.69 Å². The van der Waals surface area contributed by atoms with E-state index in [9.17, 15) is 14.7 Å². The van der Waals surface area contributed by atoms with Crippen molar-refractivity contribution in [2.75, 3.05) is 24.5 Å². The van der Waals surface area contributed by atoms with Gasteiger partial charge in [-0.3, -0.25) is 9.59 Å². The normalized spacial score (nSPS) is 18.7. The van der Waals surface area contributed by atoms with Gasteiger partial charge in [0.25, 0.3) is 5.91 Å². The van der Waals surface area contributed by atoms with Crippen LogP contribution < -0.4 is 16.0 Å². The van der Waals surface area contributed by atoms with E-state index in [2.05, 4.69) is 5.32 Å². The fourth-order valence-corrected chi connectivity index (χ4v) is 3.93. The zero-order valence-corrected chi connectivity index (χ0v) is 16.1. The van der Waals surface area contributed by atoms with E-state index in [4.69, 9.17) is 28.9 Å². The molecule has 142 valence electrons. The molecule has 1 aliphatic heterocycles. The van der Waals surface area contributed by atoms with Gasteiger partial charge in [-0.05, 0) is 24.7 Å². The maximum absolute atomic E-state index is 13.3. The summed E-state index contributed by atoms with van der Waals surface area (Å²) < 4.78 is 0. The summed E-state index contributed by atoms with van der Waals surface area (Å²) in [6, 6.07) is 9.38. The van der Waals surface area contributed by atoms with Crippen LogP contribution >= 0.6 is 23.2 Å². The van der Waals surface area contributed by atoms with Crippen molar-refractivity contribution in [3.8, 4) is 0 Å². The topological polar surface area (TPSA) is 95.7 Å². The van der Waals surface area contributed by atoms with Gasteiger partial charge in [0.05, 0.1) is 10.7 Å². The van der Waals surface area contributed by atoms with Gasteiger partial charge in [-0.25, -0.2) is 0 Å². The summed E-state index contributed by atoms with van der Waals surface area (Å²) in [6.07, 6.45) is 0. The Hall–Kier alpha value is -2.12. The van der Waals surface area contributed by atoms with Gasteiger partial charge in [0.2, 0.25) is 5.91 Å². The van der Waals surface area contributed by atoms with Crippen LogP contribution in [-0.4, -0.2) is 36.6 Å². The van der Waals surface area contributed by atoms with Crippen LogP contribution in [0, 0.1) is 0 Å². The third-order valence-corrected chi connectivity index (χ3v) is 5.21. The summed E-state index contributed by atoms with van der Waals surface area (Å²) in [6.45, 7) is 3.46. The fourth-order valence-electron chi connectivity index (χ4n) is 3.31. The summed E-state index contributed by atoms with van der Waals surface area (Å²) in [5.74, 6) is -1.25. The monoisotopic (exact) mass is 407 g/mol. The molecule has 4 N–H and O–H groups in total. The average Bonchev–Trinajstić information content (AvgIpc) is 2.85. The molecule has 2 aromatic rings. The number of primary amides is 1. The van der Waals surface area contributed by atoms with Crippen molar-refractivity contribution in [2.24, 2.45) is 5.73 Å². The first-order valence-electron chi connectivity index (χ1n) is 8.46. The standard InChI is InChI=1S/C19H19Cl2N3O3/c1-2-23-7-8-24-15-10-11(17(22)25)9-14(21)16(15)19(27,18(24)26)12-5-3-4-6-13(12)20/h3-6,9-10,23,27H,2,7-8H2,1H3,(H2,22,25). The third-order valence-electron chi connectivity index (χ3n) is 4.59. The minimum absolute atomic E-state index is 0.0722. The van der Waals surface area contributed by atoms with Gasteiger partial charge in [0, 0.05) is 34.8 Å². The van der Waals surface area contributed by atoms with Crippen LogP contribution in [0.5, 0.6) is 0 Å². The van der Waals surface area contributed by atoms with E-state index < -0.39 is 17.4 Å². The van der Waals surface area contributed by atoms with Gasteiger partial charge in [0.1, 0.15) is 0 Å². The molecular formula is C19H19Cl2N3O3. The summed E-state index contributed by atoms with van der Waals surface area (Å²) in [4.78, 5) is 26.3. The molecule has 2 aromatic carbocycles. The molecule has 2 amide bonds. The van der Waals surface area contributed by atoms with E-state index in [1.807, 2.05) is 6.92 Å². The number of halogens is 2. The third kappa shape index (κ3) is 3.19. The molecule has 0 spiro atoms. The minimum atomic E-state index is -2.05. The SMILES string of the molecule is CCNCCN1C(=O)C(O)(c2ccccc2Cl)c2c(Cl)cc(C(N)=O)cc21. The predicted octanol–water partition coefficient (Wildman–Crippen LogP) is 2.28. The number of fused-ring (bicyclic) bond motifs is 1. The number of nitrogens with one attached hydrogen (secondary N) is 1. The molecule has 1 unspecified atom stereocenters. The first-order valence-corrected chi connectivity index (χ1v) is 9.21. The highest BCUT2D eigenvalue weighted by atomic mass is 35.5. The van der Waals surface area contributed by atoms with Crippen molar-refractivity contribution >= 4 is 40.7 Å². The molecule has 0 saturated carbocycles. The van der Waals surface area contributed by atoms with Gasteiger partial charge in [-0.1, -0.05) is 48.3 Å². The highest BCUT2D eigenvalue weighted by Crippen LogP contribution is 2.49. The molecule has 1 heterocycles. The Balaban J connectivity index is 2.23. The lowest BCUT2D eigenvalue weighted by Crippen LogP contribution is -2.43. The molecule has 1 aliphatic rings. The summed E-state index contributed by atoms with van der Waals surface area (Å²) >= 11 is 12.7. The van der Waals surface area contributed by atoms with Crippen molar-refractivity contribution < 1.29 is 14.7 Å². The summed E-state index contributed by atoms with van der Waals surface area (Å²) in [5.41, 5.74) is 4.27. The van der Waals surface area contributed by atoms with Crippen molar-refractivity contribution in [3.63, 3.8) is 0 Å². The number of carbonyl (C=O) groups excluding carboxylic acids is 2. The van der Waals surface area contributed by atoms with Gasteiger partial charge < -0.3 is 21.1 Å². The number of hydrogen-bond donors (Lipinski definition) is 3. The summed E-state index contributed by atoms with van der Waals surface area (Å²) in [5, 5.41) is 14.9. The number of benzene rings is 2. The lowest BCUT2D eigenvalue weighted by molar-refractivity contribution is -0.132. The Morgan fingerprint density at radius 1 is 1.26 bits per heavy atom. The van der Waals surface area contributed by atoms with E-state index in [1.165, 1.54) is 17.0 Å². The highest BCUT2D eigenvalue weighted by Gasteiger charge is 2.53. The Labute approximate surface area is 166 Å². The van der Waals surface area contributed by atoms with Crippen LogP contribution in [0.2, 0.25) is 10.0 Å². The average molecular weight is 408 g/mol. The first kappa shape index (κ1) is 19.6. The van der Waals surface area contributed by atoms with Crippen LogP contribution in [-0.2, 0) is 10.4 Å². The van der Waals surface area contributed by atoms with E-state index in [-0.39, 0.29) is 33.3 Å². The molecule has 0 radical (unpaired) electrons. The largest absolute Gasteiger partial charge is 0.372 e. The van der Waals surface area contributed by atoms with Crippen LogP contribution in [0.15, 0.2) is 36.4 Å². The molecule has 0 saturated heterocycles. The predicted molar refractivity (Wildman–Crippen MR) is 105 cm³/mol. The van der Waals surface area contributed by atoms with Crippen LogP contribution in [0.25, 0.3) is 0 Å². The number of rotatable bonds is 6. The Morgan fingerprint density at radius 2 is 1.96 bits per heavy atom. The lowest BCUT2D eigenvalue weighted by atomic mass is 9.87. The molecule has 1 atom stereocenters. The summed E-state index contributed by atoms with van der Waals surface area (Å²) in [7, 11) is 0. The van der Waals surface area contributed by atoms with Crippen LogP contribution in [0.3, 0.4) is 0 Å². The molecule has 27 heavy (non-hydrogen) atoms.